The number of rotatable bonds is 5. The number of alkyl halides is 1. The third-order valence-corrected chi connectivity index (χ3v) is 4.36. The van der Waals surface area contributed by atoms with E-state index < -0.39 is 5.41 Å². The van der Waals surface area contributed by atoms with E-state index in [2.05, 4.69) is 26.0 Å². The summed E-state index contributed by atoms with van der Waals surface area (Å²) < 4.78 is 0.903. The minimum absolute atomic E-state index is 0.0337. The molecule has 0 aromatic carbocycles. The average molecular weight is 373 g/mol. The molecule has 21 heavy (non-hydrogen) atoms. The summed E-state index contributed by atoms with van der Waals surface area (Å²) in [6.07, 6.45) is 7.61. The lowest BCUT2D eigenvalue weighted by Gasteiger charge is -2.31. The summed E-state index contributed by atoms with van der Waals surface area (Å²) >= 11 is 9.16. The number of nitrogens with zero attached hydrogens (tertiary/aromatic N) is 3. The van der Waals surface area contributed by atoms with Gasteiger partial charge in [0.2, 0.25) is 5.91 Å². The Labute approximate surface area is 138 Å². The van der Waals surface area contributed by atoms with Crippen LogP contribution in [0.25, 0.3) is 0 Å². The van der Waals surface area contributed by atoms with Gasteiger partial charge in [-0.1, -0.05) is 13.8 Å². The second-order valence-corrected chi connectivity index (χ2v) is 7.11. The fourth-order valence-corrected chi connectivity index (χ4v) is 2.94. The maximum atomic E-state index is 12.8. The van der Waals surface area contributed by atoms with E-state index in [4.69, 9.17) is 11.6 Å². The quantitative estimate of drug-likeness (QED) is 0.729. The number of amides is 1. The number of hydrogen-bond acceptors (Lipinski definition) is 3. The van der Waals surface area contributed by atoms with Crippen LogP contribution in [-0.4, -0.2) is 28.0 Å². The molecule has 0 fully saturated rings. The number of carbonyl (C=O) groups is 1. The molecule has 0 N–H and O–H groups in total. The lowest BCUT2D eigenvalue weighted by Crippen LogP contribution is -2.38. The van der Waals surface area contributed by atoms with Crippen LogP contribution in [0, 0.1) is 5.41 Å². The van der Waals surface area contributed by atoms with Crippen LogP contribution in [0.4, 0.5) is 0 Å². The lowest BCUT2D eigenvalue weighted by molar-refractivity contribution is -0.142. The van der Waals surface area contributed by atoms with Crippen molar-refractivity contribution in [3.05, 3.63) is 28.5 Å². The van der Waals surface area contributed by atoms with Gasteiger partial charge >= 0.3 is 0 Å². The van der Waals surface area contributed by atoms with Gasteiger partial charge in [0, 0.05) is 40.8 Å². The van der Waals surface area contributed by atoms with Crippen LogP contribution in [0.3, 0.4) is 0 Å². The Kier molecular flexibility index (Phi) is 5.38. The third kappa shape index (κ3) is 3.83. The van der Waals surface area contributed by atoms with Gasteiger partial charge in [-0.2, -0.15) is 5.10 Å². The number of aromatic nitrogens is 1. The summed E-state index contributed by atoms with van der Waals surface area (Å²) in [5, 5.41) is 5.88. The molecule has 0 aliphatic carbocycles. The zero-order valence-electron chi connectivity index (χ0n) is 12.2. The fourth-order valence-electron chi connectivity index (χ4n) is 2.42. The highest BCUT2D eigenvalue weighted by molar-refractivity contribution is 9.10. The number of hydrogen-bond donors (Lipinski definition) is 0. The van der Waals surface area contributed by atoms with E-state index >= 15 is 0 Å². The Balaban J connectivity index is 2.18. The van der Waals surface area contributed by atoms with Gasteiger partial charge in [0.05, 0.1) is 6.04 Å². The zero-order chi connectivity index (χ0) is 15.5. The Morgan fingerprint density at radius 3 is 2.95 bits per heavy atom. The molecule has 1 atom stereocenters. The molecule has 2 heterocycles. The molecule has 2 rings (SSSR count). The van der Waals surface area contributed by atoms with Crippen LogP contribution in [-0.2, 0) is 4.79 Å². The van der Waals surface area contributed by atoms with Crippen molar-refractivity contribution >= 4 is 39.7 Å². The second-order valence-electron chi connectivity index (χ2n) is 5.81. The Morgan fingerprint density at radius 1 is 1.52 bits per heavy atom. The van der Waals surface area contributed by atoms with Gasteiger partial charge in [-0.3, -0.25) is 9.78 Å². The van der Waals surface area contributed by atoms with Crippen molar-refractivity contribution in [2.24, 2.45) is 10.5 Å². The highest BCUT2D eigenvalue weighted by atomic mass is 79.9. The van der Waals surface area contributed by atoms with E-state index in [1.54, 1.807) is 23.6 Å². The summed E-state index contributed by atoms with van der Waals surface area (Å²) in [5.41, 5.74) is 0.525. The molecule has 0 saturated carbocycles. The van der Waals surface area contributed by atoms with Gasteiger partial charge in [0.25, 0.3) is 0 Å². The molecule has 0 spiro atoms. The van der Waals surface area contributed by atoms with E-state index in [0.717, 1.165) is 29.3 Å². The van der Waals surface area contributed by atoms with E-state index in [0.29, 0.717) is 5.88 Å². The lowest BCUT2D eigenvalue weighted by atomic mass is 9.86. The molecule has 0 saturated heterocycles. The van der Waals surface area contributed by atoms with Gasteiger partial charge in [-0.15, -0.1) is 11.6 Å². The maximum Gasteiger partial charge on any atom is 0.248 e. The van der Waals surface area contributed by atoms with Crippen LogP contribution in [0.1, 0.15) is 44.7 Å². The molecule has 1 unspecified atom stereocenters. The Bertz CT molecular complexity index is 547. The van der Waals surface area contributed by atoms with E-state index in [1.165, 1.54) is 0 Å². The Hall–Kier alpha value is -0.940. The molecule has 6 heteroatoms. The predicted molar refractivity (Wildman–Crippen MR) is 88.4 cm³/mol. The standard InChI is InChI=1S/C15H19BrClN3O/c1-15(2,5-3-6-17)14(21)20-13(4-7-19-20)11-8-12(16)10-18-9-11/h7-10,13H,3-6H2,1-2H3. The highest BCUT2D eigenvalue weighted by Crippen LogP contribution is 2.35. The molecule has 0 bridgehead atoms. The highest BCUT2D eigenvalue weighted by Gasteiger charge is 2.37. The van der Waals surface area contributed by atoms with Crippen molar-refractivity contribution in [2.75, 3.05) is 5.88 Å². The molecular weight excluding hydrogens is 354 g/mol. The first-order chi connectivity index (χ1) is 9.95. The minimum atomic E-state index is -0.464. The number of halogens is 2. The second kappa shape index (κ2) is 6.88. The van der Waals surface area contributed by atoms with Gasteiger partial charge in [-0.25, -0.2) is 5.01 Å². The van der Waals surface area contributed by atoms with Crippen LogP contribution in [0.5, 0.6) is 0 Å². The van der Waals surface area contributed by atoms with Gasteiger partial charge in [-0.05, 0) is 40.4 Å². The van der Waals surface area contributed by atoms with Crippen molar-refractivity contribution < 1.29 is 4.79 Å². The van der Waals surface area contributed by atoms with Crippen LogP contribution >= 0.6 is 27.5 Å². The Morgan fingerprint density at radius 2 is 2.29 bits per heavy atom. The van der Waals surface area contributed by atoms with Gasteiger partial charge < -0.3 is 0 Å². The molecule has 0 radical (unpaired) electrons. The molecule has 1 aliphatic heterocycles. The first-order valence-corrected chi connectivity index (χ1v) is 8.31. The van der Waals surface area contributed by atoms with Crippen LogP contribution in [0.2, 0.25) is 0 Å². The SMILES string of the molecule is CC(C)(CCCCl)C(=O)N1N=CCC1c1cncc(Br)c1. The largest absolute Gasteiger partial charge is 0.272 e. The van der Waals surface area contributed by atoms with Crippen LogP contribution in [0.15, 0.2) is 28.0 Å². The third-order valence-electron chi connectivity index (χ3n) is 3.66. The topological polar surface area (TPSA) is 45.6 Å². The van der Waals surface area contributed by atoms with Crippen molar-refractivity contribution in [1.82, 2.24) is 9.99 Å². The van der Waals surface area contributed by atoms with Gasteiger partial charge in [0.15, 0.2) is 0 Å². The van der Waals surface area contributed by atoms with E-state index in [1.807, 2.05) is 19.9 Å². The molecular formula is C15H19BrClN3O. The minimum Gasteiger partial charge on any atom is -0.272 e. The van der Waals surface area contributed by atoms with E-state index in [9.17, 15) is 4.79 Å². The molecule has 4 nitrogen and oxygen atoms in total. The first kappa shape index (κ1) is 16.4. The van der Waals surface area contributed by atoms with Crippen LogP contribution < -0.4 is 0 Å². The summed E-state index contributed by atoms with van der Waals surface area (Å²) in [6.45, 7) is 3.90. The van der Waals surface area contributed by atoms with Gasteiger partial charge in [0.1, 0.15) is 0 Å². The van der Waals surface area contributed by atoms with Crippen molar-refractivity contribution in [3.63, 3.8) is 0 Å². The summed E-state index contributed by atoms with van der Waals surface area (Å²) in [4.78, 5) is 17.0. The number of hydrazone groups is 1. The van der Waals surface area contributed by atoms with Crippen molar-refractivity contribution in [3.8, 4) is 0 Å². The zero-order valence-corrected chi connectivity index (χ0v) is 14.6. The number of pyridine rings is 1. The first-order valence-electron chi connectivity index (χ1n) is 6.98. The molecule has 114 valence electrons. The monoisotopic (exact) mass is 371 g/mol. The van der Waals surface area contributed by atoms with Crippen molar-refractivity contribution in [2.45, 2.75) is 39.2 Å². The summed E-state index contributed by atoms with van der Waals surface area (Å²) in [5.74, 6) is 0.602. The molecule has 1 amide bonds. The molecule has 1 aromatic heterocycles. The molecule has 1 aliphatic rings. The average Bonchev–Trinajstić information content (AvgIpc) is 2.93. The number of carbonyl (C=O) groups excluding carboxylic acids is 1. The molecule has 1 aromatic rings. The van der Waals surface area contributed by atoms with E-state index in [-0.39, 0.29) is 11.9 Å². The fraction of sp³-hybridized carbons (Fsp3) is 0.533. The summed E-state index contributed by atoms with van der Waals surface area (Å²) in [7, 11) is 0. The predicted octanol–water partition coefficient (Wildman–Crippen LogP) is 4.15. The summed E-state index contributed by atoms with van der Waals surface area (Å²) in [6, 6.07) is 1.91. The smallest absolute Gasteiger partial charge is 0.248 e. The van der Waals surface area contributed by atoms with Crippen molar-refractivity contribution in [1.29, 1.82) is 0 Å². The normalized spacial score (nSPS) is 18.3. The maximum absolute atomic E-state index is 12.8.